The molecule has 0 aliphatic rings. The van der Waals surface area contributed by atoms with Crippen molar-refractivity contribution < 1.29 is 9.13 Å². The molecule has 0 aliphatic carbocycles. The molecule has 0 saturated heterocycles. The lowest BCUT2D eigenvalue weighted by Gasteiger charge is -2.18. The van der Waals surface area contributed by atoms with Crippen LogP contribution in [0.25, 0.3) is 0 Å². The van der Waals surface area contributed by atoms with E-state index in [1.54, 1.807) is 12.1 Å². The molecule has 3 heteroatoms. The van der Waals surface area contributed by atoms with Gasteiger partial charge in [-0.2, -0.15) is 0 Å². The van der Waals surface area contributed by atoms with Crippen LogP contribution in [0.15, 0.2) is 24.3 Å². The van der Waals surface area contributed by atoms with Gasteiger partial charge in [0, 0.05) is 13.2 Å². The Bertz CT molecular complexity index is 317. The molecule has 1 aromatic carbocycles. The molecule has 0 radical (unpaired) electrons. The van der Waals surface area contributed by atoms with E-state index in [-0.39, 0.29) is 11.9 Å². The van der Waals surface area contributed by atoms with Crippen LogP contribution in [-0.2, 0) is 4.74 Å². The first-order valence-corrected chi connectivity index (χ1v) is 6.35. The monoisotopic (exact) mass is 239 g/mol. The molecule has 96 valence electrons. The third-order valence-corrected chi connectivity index (χ3v) is 2.62. The Morgan fingerprint density at radius 2 is 2.18 bits per heavy atom. The molecule has 0 aliphatic heterocycles. The number of likely N-dealkylation sites (N-methyl/N-ethyl adjacent to an activating group) is 1. The van der Waals surface area contributed by atoms with Crippen LogP contribution in [0.3, 0.4) is 0 Å². The second kappa shape index (κ2) is 8.20. The summed E-state index contributed by atoms with van der Waals surface area (Å²) in [5.41, 5.74) is 0.905. The molecule has 0 aromatic heterocycles. The summed E-state index contributed by atoms with van der Waals surface area (Å²) >= 11 is 0. The maximum atomic E-state index is 13.2. The molecule has 1 N–H and O–H groups in total. The van der Waals surface area contributed by atoms with Crippen molar-refractivity contribution in [2.75, 3.05) is 19.7 Å². The Kier molecular flexibility index (Phi) is 6.82. The van der Waals surface area contributed by atoms with Gasteiger partial charge in [0.25, 0.3) is 0 Å². The molecule has 1 aromatic rings. The highest BCUT2D eigenvalue weighted by Gasteiger charge is 2.11. The Balaban J connectivity index is 2.60. The van der Waals surface area contributed by atoms with Crippen LogP contribution < -0.4 is 5.32 Å². The van der Waals surface area contributed by atoms with Crippen molar-refractivity contribution in [3.8, 4) is 0 Å². The van der Waals surface area contributed by atoms with Gasteiger partial charge < -0.3 is 10.1 Å². The summed E-state index contributed by atoms with van der Waals surface area (Å²) in [5, 5.41) is 3.25. The Morgan fingerprint density at radius 3 is 2.82 bits per heavy atom. The minimum Gasteiger partial charge on any atom is -0.372 e. The van der Waals surface area contributed by atoms with Gasteiger partial charge in [-0.05, 0) is 30.7 Å². The molecule has 0 saturated carbocycles. The van der Waals surface area contributed by atoms with E-state index in [2.05, 4.69) is 19.2 Å². The predicted octanol–water partition coefficient (Wildman–Crippen LogP) is 3.29. The topological polar surface area (TPSA) is 21.3 Å². The lowest BCUT2D eigenvalue weighted by molar-refractivity contribution is 0.0508. The number of rotatable bonds is 8. The number of nitrogens with one attached hydrogen (secondary N) is 1. The summed E-state index contributed by atoms with van der Waals surface area (Å²) in [7, 11) is 0. The second-order valence-corrected chi connectivity index (χ2v) is 4.08. The molecular weight excluding hydrogens is 217 g/mol. The summed E-state index contributed by atoms with van der Waals surface area (Å²) in [6.07, 6.45) is 2.09. The van der Waals surface area contributed by atoms with Crippen LogP contribution in [-0.4, -0.2) is 19.7 Å². The molecule has 17 heavy (non-hydrogen) atoms. The van der Waals surface area contributed by atoms with Crippen LogP contribution >= 0.6 is 0 Å². The van der Waals surface area contributed by atoms with Crippen molar-refractivity contribution in [3.63, 3.8) is 0 Å². The highest BCUT2D eigenvalue weighted by atomic mass is 19.1. The standard InChI is InChI=1S/C14H22FNO/c1-3-5-9-17-14(11-16-4-2)12-7-6-8-13(15)10-12/h6-8,10,14,16H,3-5,9,11H2,1-2H3. The molecule has 0 fully saturated rings. The number of unbranched alkanes of at least 4 members (excludes halogenated alkanes) is 1. The van der Waals surface area contributed by atoms with E-state index >= 15 is 0 Å². The molecule has 1 unspecified atom stereocenters. The van der Waals surface area contributed by atoms with Gasteiger partial charge in [0.15, 0.2) is 0 Å². The predicted molar refractivity (Wildman–Crippen MR) is 68.5 cm³/mol. The van der Waals surface area contributed by atoms with Gasteiger partial charge >= 0.3 is 0 Å². The highest BCUT2D eigenvalue weighted by Crippen LogP contribution is 2.18. The van der Waals surface area contributed by atoms with Gasteiger partial charge in [-0.15, -0.1) is 0 Å². The minimum absolute atomic E-state index is 0.0581. The molecule has 2 nitrogen and oxygen atoms in total. The fourth-order valence-electron chi connectivity index (χ4n) is 1.63. The fourth-order valence-corrected chi connectivity index (χ4v) is 1.63. The van der Waals surface area contributed by atoms with Crippen LogP contribution in [0, 0.1) is 5.82 Å². The first kappa shape index (κ1) is 14.1. The zero-order valence-corrected chi connectivity index (χ0v) is 10.7. The van der Waals surface area contributed by atoms with Crippen LogP contribution in [0.1, 0.15) is 38.4 Å². The van der Waals surface area contributed by atoms with E-state index in [4.69, 9.17) is 4.74 Å². The largest absolute Gasteiger partial charge is 0.372 e. The fraction of sp³-hybridized carbons (Fsp3) is 0.571. The molecule has 0 spiro atoms. The highest BCUT2D eigenvalue weighted by molar-refractivity contribution is 5.19. The second-order valence-electron chi connectivity index (χ2n) is 4.08. The third kappa shape index (κ3) is 5.29. The van der Waals surface area contributed by atoms with Crippen molar-refractivity contribution >= 4 is 0 Å². The summed E-state index contributed by atoms with van der Waals surface area (Å²) in [5.74, 6) is -0.205. The summed E-state index contributed by atoms with van der Waals surface area (Å²) < 4.78 is 19.0. The lowest BCUT2D eigenvalue weighted by atomic mass is 10.1. The zero-order chi connectivity index (χ0) is 12.5. The van der Waals surface area contributed by atoms with Crippen molar-refractivity contribution in [2.24, 2.45) is 0 Å². The Labute approximate surface area is 103 Å². The van der Waals surface area contributed by atoms with Crippen LogP contribution in [0.4, 0.5) is 4.39 Å². The van der Waals surface area contributed by atoms with Crippen molar-refractivity contribution in [3.05, 3.63) is 35.6 Å². The smallest absolute Gasteiger partial charge is 0.123 e. The minimum atomic E-state index is -0.205. The van der Waals surface area contributed by atoms with Crippen LogP contribution in [0.2, 0.25) is 0 Å². The quantitative estimate of drug-likeness (QED) is 0.703. The first-order valence-electron chi connectivity index (χ1n) is 6.35. The summed E-state index contributed by atoms with van der Waals surface area (Å²) in [4.78, 5) is 0. The maximum Gasteiger partial charge on any atom is 0.123 e. The zero-order valence-electron chi connectivity index (χ0n) is 10.7. The van der Waals surface area contributed by atoms with E-state index in [0.717, 1.165) is 38.1 Å². The van der Waals surface area contributed by atoms with Crippen molar-refractivity contribution in [1.82, 2.24) is 5.32 Å². The number of benzene rings is 1. The van der Waals surface area contributed by atoms with Gasteiger partial charge in [-0.3, -0.25) is 0 Å². The number of halogens is 1. The molecule has 0 heterocycles. The normalized spacial score (nSPS) is 12.6. The van der Waals surface area contributed by atoms with Gasteiger partial charge in [0.1, 0.15) is 5.82 Å². The maximum absolute atomic E-state index is 13.2. The molecule has 0 bridgehead atoms. The van der Waals surface area contributed by atoms with E-state index in [9.17, 15) is 4.39 Å². The van der Waals surface area contributed by atoms with E-state index in [1.165, 1.54) is 6.07 Å². The first-order chi connectivity index (χ1) is 8.27. The Morgan fingerprint density at radius 1 is 1.35 bits per heavy atom. The Hall–Kier alpha value is -0.930. The molecule has 1 atom stereocenters. The van der Waals surface area contributed by atoms with Gasteiger partial charge in [0.05, 0.1) is 6.10 Å². The molecule has 1 rings (SSSR count). The summed E-state index contributed by atoms with van der Waals surface area (Å²) in [6, 6.07) is 6.65. The SMILES string of the molecule is CCCCOC(CNCC)c1cccc(F)c1. The van der Waals surface area contributed by atoms with E-state index in [1.807, 2.05) is 6.07 Å². The summed E-state index contributed by atoms with van der Waals surface area (Å²) in [6.45, 7) is 6.52. The van der Waals surface area contributed by atoms with Gasteiger partial charge in [0.2, 0.25) is 0 Å². The molecule has 0 amide bonds. The van der Waals surface area contributed by atoms with Gasteiger partial charge in [-0.1, -0.05) is 32.4 Å². The average Bonchev–Trinajstić information content (AvgIpc) is 2.33. The molecular formula is C14H22FNO. The van der Waals surface area contributed by atoms with Gasteiger partial charge in [-0.25, -0.2) is 4.39 Å². The average molecular weight is 239 g/mol. The van der Waals surface area contributed by atoms with Crippen LogP contribution in [0.5, 0.6) is 0 Å². The van der Waals surface area contributed by atoms with E-state index in [0.29, 0.717) is 0 Å². The number of hydrogen-bond acceptors (Lipinski definition) is 2. The third-order valence-electron chi connectivity index (χ3n) is 2.62. The van der Waals surface area contributed by atoms with Crippen molar-refractivity contribution in [1.29, 1.82) is 0 Å². The van der Waals surface area contributed by atoms with Crippen molar-refractivity contribution in [2.45, 2.75) is 32.8 Å². The lowest BCUT2D eigenvalue weighted by Crippen LogP contribution is -2.23. The number of ether oxygens (including phenoxy) is 1. The van der Waals surface area contributed by atoms with E-state index < -0.39 is 0 Å². The number of hydrogen-bond donors (Lipinski definition) is 1.